The number of nitrogens with two attached hydrogens (primary N) is 1. The summed E-state index contributed by atoms with van der Waals surface area (Å²) < 4.78 is 35.6. The number of allylic oxidation sites excluding steroid dienone is 1. The van der Waals surface area contributed by atoms with Crippen molar-refractivity contribution < 1.29 is 22.7 Å². The van der Waals surface area contributed by atoms with Crippen LogP contribution in [-0.2, 0) is 21.1 Å². The number of nitrogen functional groups attached to an aromatic ring is 1. The molecule has 3 N–H and O–H groups in total. The fourth-order valence-corrected chi connectivity index (χ4v) is 3.75. The van der Waals surface area contributed by atoms with Crippen LogP contribution in [0.5, 0.6) is 5.75 Å². The molecule has 0 atom stereocenters. The Morgan fingerprint density at radius 1 is 1.28 bits per heavy atom. The Kier molecular flexibility index (Phi) is 6.76. The van der Waals surface area contributed by atoms with E-state index >= 15 is 0 Å². The van der Waals surface area contributed by atoms with Crippen molar-refractivity contribution in [3.05, 3.63) is 60.8 Å². The second-order valence-electron chi connectivity index (χ2n) is 6.85. The van der Waals surface area contributed by atoms with Crippen LogP contribution in [0.25, 0.3) is 10.9 Å². The summed E-state index contributed by atoms with van der Waals surface area (Å²) in [6, 6.07) is 11.7. The first-order chi connectivity index (χ1) is 15.2. The molecule has 166 valence electrons. The van der Waals surface area contributed by atoms with E-state index in [4.69, 9.17) is 15.2 Å². The highest BCUT2D eigenvalue weighted by Gasteiger charge is 2.14. The minimum absolute atomic E-state index is 0.0784. The van der Waals surface area contributed by atoms with Crippen molar-refractivity contribution in [2.24, 2.45) is 0 Å². The molecule has 32 heavy (non-hydrogen) atoms. The molecule has 0 radical (unpaired) electrons. The molecule has 0 bridgehead atoms. The molecule has 1 heterocycles. The predicted molar refractivity (Wildman–Crippen MR) is 124 cm³/mol. The van der Waals surface area contributed by atoms with Gasteiger partial charge >= 0.3 is 6.09 Å². The smallest absolute Gasteiger partial charge is 0.412 e. The van der Waals surface area contributed by atoms with Gasteiger partial charge in [0.05, 0.1) is 28.9 Å². The van der Waals surface area contributed by atoms with E-state index < -0.39 is 15.9 Å². The summed E-state index contributed by atoms with van der Waals surface area (Å²) >= 11 is 0. The van der Waals surface area contributed by atoms with Crippen molar-refractivity contribution in [1.82, 2.24) is 4.57 Å². The highest BCUT2D eigenvalue weighted by Crippen LogP contribution is 2.28. The summed E-state index contributed by atoms with van der Waals surface area (Å²) in [6.45, 7) is 4.18. The maximum atomic E-state index is 12.1. The fraction of sp³-hybridized carbons (Fsp3) is 0.174. The average molecular weight is 454 g/mol. The third-order valence-corrected chi connectivity index (χ3v) is 5.73. The zero-order valence-corrected chi connectivity index (χ0v) is 18.5. The van der Waals surface area contributed by atoms with Crippen molar-refractivity contribution in [2.75, 3.05) is 31.0 Å². The molecule has 0 saturated heterocycles. The van der Waals surface area contributed by atoms with Crippen LogP contribution in [0.3, 0.4) is 0 Å². The van der Waals surface area contributed by atoms with Crippen LogP contribution in [0.2, 0.25) is 0 Å². The summed E-state index contributed by atoms with van der Waals surface area (Å²) in [5, 5.41) is 3.41. The SMILES string of the molecule is C=CCn1c(C#CCOC(=O)Nc2ccc(S(C)(=O)=O)cc2OC)cc2c(N)cccc21. The lowest BCUT2D eigenvalue weighted by molar-refractivity contribution is 0.176. The van der Waals surface area contributed by atoms with E-state index in [2.05, 4.69) is 23.7 Å². The molecule has 0 aliphatic rings. The maximum absolute atomic E-state index is 12.1. The summed E-state index contributed by atoms with van der Waals surface area (Å²) in [5.74, 6) is 6.01. The monoisotopic (exact) mass is 453 g/mol. The second kappa shape index (κ2) is 9.49. The maximum Gasteiger partial charge on any atom is 0.412 e. The number of hydrogen-bond acceptors (Lipinski definition) is 6. The number of benzene rings is 2. The minimum Gasteiger partial charge on any atom is -0.495 e. The Labute approximate surface area is 186 Å². The van der Waals surface area contributed by atoms with Gasteiger partial charge in [0, 0.05) is 29.9 Å². The Bertz CT molecular complexity index is 1350. The van der Waals surface area contributed by atoms with Crippen LogP contribution in [0.1, 0.15) is 5.69 Å². The van der Waals surface area contributed by atoms with Gasteiger partial charge in [0.1, 0.15) is 5.75 Å². The average Bonchev–Trinajstić information content (AvgIpc) is 3.10. The molecule has 0 spiro atoms. The number of anilines is 2. The number of aromatic nitrogens is 1. The van der Waals surface area contributed by atoms with Gasteiger partial charge in [-0.15, -0.1) is 6.58 Å². The number of hydrogen-bond donors (Lipinski definition) is 2. The molecular weight excluding hydrogens is 430 g/mol. The van der Waals surface area contributed by atoms with Gasteiger partial charge in [-0.1, -0.05) is 18.1 Å². The summed E-state index contributed by atoms with van der Waals surface area (Å²) in [5.41, 5.74) is 8.64. The fourth-order valence-electron chi connectivity index (χ4n) is 3.12. The van der Waals surface area contributed by atoms with E-state index in [0.29, 0.717) is 12.2 Å². The molecule has 0 saturated carbocycles. The van der Waals surface area contributed by atoms with E-state index in [1.54, 1.807) is 6.08 Å². The van der Waals surface area contributed by atoms with Crippen LogP contribution in [0, 0.1) is 11.8 Å². The van der Waals surface area contributed by atoms with Gasteiger partial charge in [-0.25, -0.2) is 13.2 Å². The topological polar surface area (TPSA) is 113 Å². The first kappa shape index (κ1) is 22.8. The molecule has 3 rings (SSSR count). The van der Waals surface area contributed by atoms with Crippen LogP contribution < -0.4 is 15.8 Å². The van der Waals surface area contributed by atoms with E-state index in [1.165, 1.54) is 25.3 Å². The zero-order chi connectivity index (χ0) is 23.3. The molecule has 8 nitrogen and oxygen atoms in total. The molecule has 0 aliphatic heterocycles. The number of nitrogens with one attached hydrogen (secondary N) is 1. The first-order valence-electron chi connectivity index (χ1n) is 9.54. The number of ether oxygens (including phenoxy) is 2. The summed E-state index contributed by atoms with van der Waals surface area (Å²) in [7, 11) is -2.03. The number of rotatable bonds is 6. The van der Waals surface area contributed by atoms with Gasteiger partial charge in [0.25, 0.3) is 0 Å². The van der Waals surface area contributed by atoms with Crippen molar-refractivity contribution in [3.8, 4) is 17.6 Å². The number of fused-ring (bicyclic) bond motifs is 1. The third-order valence-electron chi connectivity index (χ3n) is 4.62. The number of sulfone groups is 1. The number of amides is 1. The lowest BCUT2D eigenvalue weighted by atomic mass is 10.2. The van der Waals surface area contributed by atoms with Gasteiger partial charge in [-0.2, -0.15) is 0 Å². The molecule has 0 unspecified atom stereocenters. The van der Waals surface area contributed by atoms with Gasteiger partial charge in [0.15, 0.2) is 16.4 Å². The highest BCUT2D eigenvalue weighted by molar-refractivity contribution is 7.90. The molecule has 0 aliphatic carbocycles. The second-order valence-corrected chi connectivity index (χ2v) is 8.86. The Morgan fingerprint density at radius 3 is 2.75 bits per heavy atom. The van der Waals surface area contributed by atoms with Gasteiger partial charge in [0.2, 0.25) is 0 Å². The molecule has 0 fully saturated rings. The lowest BCUT2D eigenvalue weighted by Gasteiger charge is -2.11. The molecule has 9 heteroatoms. The van der Waals surface area contributed by atoms with E-state index in [1.807, 2.05) is 28.8 Å². The normalized spacial score (nSPS) is 10.8. The quantitative estimate of drug-likeness (QED) is 0.336. The number of nitrogens with zero attached hydrogens (tertiary/aromatic N) is 1. The standard InChI is InChI=1S/C23H23N3O5S/c1-4-12-26-16(14-18-19(24)8-5-9-21(18)26)7-6-13-31-23(27)25-20-11-10-17(32(3,28)29)15-22(20)30-2/h4-5,8-11,14-15H,1,12-13,24H2,2-3H3,(H,25,27). The van der Waals surface area contributed by atoms with Crippen LogP contribution in [0.15, 0.2) is 60.0 Å². The largest absolute Gasteiger partial charge is 0.495 e. The number of methoxy groups -OCH3 is 1. The van der Waals surface area contributed by atoms with E-state index in [-0.39, 0.29) is 22.9 Å². The van der Waals surface area contributed by atoms with Crippen molar-refractivity contribution in [2.45, 2.75) is 11.4 Å². The minimum atomic E-state index is -3.40. The molecule has 1 amide bonds. The van der Waals surface area contributed by atoms with E-state index in [0.717, 1.165) is 22.9 Å². The Balaban J connectivity index is 1.70. The highest BCUT2D eigenvalue weighted by atomic mass is 32.2. The first-order valence-corrected chi connectivity index (χ1v) is 11.4. The van der Waals surface area contributed by atoms with Crippen LogP contribution in [0.4, 0.5) is 16.2 Å². The number of carbonyl (C=O) groups is 1. The Morgan fingerprint density at radius 2 is 2.06 bits per heavy atom. The number of carbonyl (C=O) groups excluding carboxylic acids is 1. The molecule has 3 aromatic rings. The van der Waals surface area contributed by atoms with Gasteiger partial charge in [-0.3, -0.25) is 5.32 Å². The van der Waals surface area contributed by atoms with Crippen molar-refractivity contribution in [3.63, 3.8) is 0 Å². The predicted octanol–water partition coefficient (Wildman–Crippen LogP) is 3.42. The summed E-state index contributed by atoms with van der Waals surface area (Å²) in [6.07, 6.45) is 2.10. The van der Waals surface area contributed by atoms with Crippen LogP contribution >= 0.6 is 0 Å². The van der Waals surface area contributed by atoms with Crippen molar-refractivity contribution in [1.29, 1.82) is 0 Å². The van der Waals surface area contributed by atoms with E-state index in [9.17, 15) is 13.2 Å². The zero-order valence-electron chi connectivity index (χ0n) is 17.7. The Hall–Kier alpha value is -3.90. The van der Waals surface area contributed by atoms with Gasteiger partial charge in [-0.05, 0) is 36.3 Å². The van der Waals surface area contributed by atoms with Crippen molar-refractivity contribution >= 4 is 38.2 Å². The molecule has 1 aromatic heterocycles. The summed E-state index contributed by atoms with van der Waals surface area (Å²) in [4.78, 5) is 12.2. The third kappa shape index (κ3) is 5.04. The lowest BCUT2D eigenvalue weighted by Crippen LogP contribution is -2.14. The van der Waals surface area contributed by atoms with Gasteiger partial charge < -0.3 is 19.8 Å². The molecular formula is C23H23N3O5S. The van der Waals surface area contributed by atoms with Crippen LogP contribution in [-0.4, -0.2) is 39.1 Å². The molecule has 2 aromatic carbocycles.